The van der Waals surface area contributed by atoms with Crippen molar-refractivity contribution in [3.63, 3.8) is 0 Å². The highest BCUT2D eigenvalue weighted by molar-refractivity contribution is 5.95. The number of nitrogens with two attached hydrogens (primary N) is 1. The summed E-state index contributed by atoms with van der Waals surface area (Å²) in [4.78, 5) is 64.2. The SMILES string of the molecule is CC(NC(=O)C(N)CC(=O)O)C(=O)NC(Cc1ccccc1)C(=O)NC(Cc1c[nH]c2ccccc12)C(=O)O. The average Bonchev–Trinajstić information content (AvgIpc) is 3.30. The van der Waals surface area contributed by atoms with E-state index in [-0.39, 0.29) is 12.8 Å². The summed E-state index contributed by atoms with van der Waals surface area (Å²) < 4.78 is 0. The topological polar surface area (TPSA) is 204 Å². The number of amides is 3. The summed E-state index contributed by atoms with van der Waals surface area (Å²) in [6, 6.07) is 11.2. The summed E-state index contributed by atoms with van der Waals surface area (Å²) in [5.74, 6) is -4.80. The van der Waals surface area contributed by atoms with Crippen LogP contribution in [-0.2, 0) is 36.8 Å². The van der Waals surface area contributed by atoms with Crippen molar-refractivity contribution >= 4 is 40.6 Å². The minimum atomic E-state index is -1.36. The molecule has 39 heavy (non-hydrogen) atoms. The van der Waals surface area contributed by atoms with E-state index in [1.807, 2.05) is 24.3 Å². The molecule has 0 aliphatic rings. The van der Waals surface area contributed by atoms with Gasteiger partial charge in [-0.05, 0) is 24.1 Å². The second-order valence-electron chi connectivity index (χ2n) is 9.15. The van der Waals surface area contributed by atoms with Gasteiger partial charge in [0, 0.05) is 29.9 Å². The number of aromatic nitrogens is 1. The van der Waals surface area contributed by atoms with Crippen molar-refractivity contribution in [1.29, 1.82) is 0 Å². The first-order valence-electron chi connectivity index (χ1n) is 12.3. The zero-order chi connectivity index (χ0) is 28.5. The molecule has 3 amide bonds. The van der Waals surface area contributed by atoms with Crippen LogP contribution in [-0.4, -0.2) is 69.0 Å². The molecule has 0 aliphatic carbocycles. The number of aliphatic carboxylic acids is 2. The summed E-state index contributed by atoms with van der Waals surface area (Å²) >= 11 is 0. The van der Waals surface area contributed by atoms with E-state index >= 15 is 0 Å². The number of benzene rings is 2. The monoisotopic (exact) mass is 537 g/mol. The number of para-hydroxylation sites is 1. The first kappa shape index (κ1) is 28.9. The molecule has 0 fully saturated rings. The first-order valence-corrected chi connectivity index (χ1v) is 12.3. The largest absolute Gasteiger partial charge is 0.481 e. The number of hydrogen-bond acceptors (Lipinski definition) is 6. The molecule has 4 atom stereocenters. The Labute approximate surface area is 224 Å². The van der Waals surface area contributed by atoms with Crippen molar-refractivity contribution in [2.75, 3.05) is 0 Å². The number of carbonyl (C=O) groups excluding carboxylic acids is 3. The lowest BCUT2D eigenvalue weighted by atomic mass is 10.0. The van der Waals surface area contributed by atoms with Gasteiger partial charge in [-0.2, -0.15) is 0 Å². The van der Waals surface area contributed by atoms with E-state index < -0.39 is 60.2 Å². The van der Waals surface area contributed by atoms with Crippen molar-refractivity contribution in [1.82, 2.24) is 20.9 Å². The molecular weight excluding hydrogens is 506 g/mol. The molecule has 1 heterocycles. The second kappa shape index (κ2) is 13.2. The fourth-order valence-electron chi connectivity index (χ4n) is 4.02. The minimum absolute atomic E-state index is 0.00498. The Kier molecular flexibility index (Phi) is 9.76. The Morgan fingerprint density at radius 3 is 2.13 bits per heavy atom. The number of nitrogens with one attached hydrogen (secondary N) is 4. The van der Waals surface area contributed by atoms with Gasteiger partial charge in [-0.1, -0.05) is 48.5 Å². The first-order chi connectivity index (χ1) is 18.5. The van der Waals surface area contributed by atoms with Crippen LogP contribution >= 0.6 is 0 Å². The van der Waals surface area contributed by atoms with Crippen LogP contribution in [0.1, 0.15) is 24.5 Å². The lowest BCUT2D eigenvalue weighted by Gasteiger charge is -2.24. The molecule has 0 spiro atoms. The third kappa shape index (κ3) is 8.14. The van der Waals surface area contributed by atoms with Gasteiger partial charge in [-0.3, -0.25) is 19.2 Å². The van der Waals surface area contributed by atoms with E-state index in [1.165, 1.54) is 6.92 Å². The highest BCUT2D eigenvalue weighted by Crippen LogP contribution is 2.19. The van der Waals surface area contributed by atoms with Gasteiger partial charge < -0.3 is 36.9 Å². The molecular formula is C27H31N5O7. The van der Waals surface area contributed by atoms with E-state index in [0.717, 1.165) is 10.9 Å². The number of aromatic amines is 1. The Morgan fingerprint density at radius 1 is 0.821 bits per heavy atom. The van der Waals surface area contributed by atoms with Crippen LogP contribution in [0.4, 0.5) is 0 Å². The van der Waals surface area contributed by atoms with Crippen molar-refractivity contribution < 1.29 is 34.2 Å². The molecule has 0 bridgehead atoms. The highest BCUT2D eigenvalue weighted by atomic mass is 16.4. The van der Waals surface area contributed by atoms with Gasteiger partial charge in [0.1, 0.15) is 18.1 Å². The molecule has 4 unspecified atom stereocenters. The average molecular weight is 538 g/mol. The van der Waals surface area contributed by atoms with Gasteiger partial charge >= 0.3 is 11.9 Å². The van der Waals surface area contributed by atoms with Crippen LogP contribution in [0.2, 0.25) is 0 Å². The van der Waals surface area contributed by atoms with Crippen LogP contribution < -0.4 is 21.7 Å². The lowest BCUT2D eigenvalue weighted by molar-refractivity contribution is -0.142. The quantitative estimate of drug-likeness (QED) is 0.161. The Hall–Kier alpha value is -4.71. The zero-order valence-corrected chi connectivity index (χ0v) is 21.2. The molecule has 3 aromatic rings. The van der Waals surface area contributed by atoms with Crippen molar-refractivity contribution in [3.05, 3.63) is 71.9 Å². The normalized spacial score (nSPS) is 14.0. The van der Waals surface area contributed by atoms with E-state index in [2.05, 4.69) is 20.9 Å². The third-order valence-electron chi connectivity index (χ3n) is 6.11. The van der Waals surface area contributed by atoms with Crippen LogP contribution in [0.3, 0.4) is 0 Å². The van der Waals surface area contributed by atoms with Crippen LogP contribution in [0.25, 0.3) is 10.9 Å². The minimum Gasteiger partial charge on any atom is -0.481 e. The van der Waals surface area contributed by atoms with Gasteiger partial charge in [-0.25, -0.2) is 4.79 Å². The maximum Gasteiger partial charge on any atom is 0.326 e. The molecule has 3 rings (SSSR count). The predicted molar refractivity (Wildman–Crippen MR) is 141 cm³/mol. The van der Waals surface area contributed by atoms with Gasteiger partial charge in [0.15, 0.2) is 0 Å². The predicted octanol–water partition coefficient (Wildman–Crippen LogP) is 0.314. The fourth-order valence-corrected chi connectivity index (χ4v) is 4.02. The third-order valence-corrected chi connectivity index (χ3v) is 6.11. The molecule has 0 radical (unpaired) electrons. The Balaban J connectivity index is 1.74. The summed E-state index contributed by atoms with van der Waals surface area (Å²) in [6.45, 7) is 1.36. The molecule has 1 aromatic heterocycles. The number of rotatable bonds is 13. The number of H-pyrrole nitrogens is 1. The smallest absolute Gasteiger partial charge is 0.326 e. The molecule has 0 aliphatic heterocycles. The standard InChI is InChI=1S/C27H31N5O7/c1-15(30-25(36)19(28)13-23(33)34)24(35)31-21(11-16-7-3-2-4-8-16)26(37)32-22(27(38)39)12-17-14-29-20-10-6-5-9-18(17)20/h2-10,14-15,19,21-22,29H,11-13,28H2,1H3,(H,30,36)(H,31,35)(H,32,37)(H,33,34)(H,38,39). The van der Waals surface area contributed by atoms with Crippen LogP contribution in [0, 0.1) is 0 Å². The molecule has 8 N–H and O–H groups in total. The molecule has 0 saturated carbocycles. The molecule has 206 valence electrons. The van der Waals surface area contributed by atoms with Crippen molar-refractivity contribution in [3.8, 4) is 0 Å². The van der Waals surface area contributed by atoms with E-state index in [0.29, 0.717) is 11.1 Å². The lowest BCUT2D eigenvalue weighted by Crippen LogP contribution is -2.57. The van der Waals surface area contributed by atoms with Crippen molar-refractivity contribution in [2.45, 2.75) is 50.4 Å². The second-order valence-corrected chi connectivity index (χ2v) is 9.15. The molecule has 2 aromatic carbocycles. The van der Waals surface area contributed by atoms with Gasteiger partial charge in [-0.15, -0.1) is 0 Å². The molecule has 0 saturated heterocycles. The van der Waals surface area contributed by atoms with Crippen LogP contribution in [0.15, 0.2) is 60.8 Å². The zero-order valence-electron chi connectivity index (χ0n) is 21.2. The maximum atomic E-state index is 13.3. The van der Waals surface area contributed by atoms with Gasteiger partial charge in [0.05, 0.1) is 12.5 Å². The van der Waals surface area contributed by atoms with E-state index in [4.69, 9.17) is 10.8 Å². The Bertz CT molecular complexity index is 1340. The highest BCUT2D eigenvalue weighted by Gasteiger charge is 2.30. The van der Waals surface area contributed by atoms with Gasteiger partial charge in [0.25, 0.3) is 0 Å². The fraction of sp³-hybridized carbons (Fsp3) is 0.296. The maximum absolute atomic E-state index is 13.3. The summed E-state index contributed by atoms with van der Waals surface area (Å²) in [5, 5.41) is 26.9. The number of carboxylic acids is 2. The Morgan fingerprint density at radius 2 is 1.46 bits per heavy atom. The summed E-state index contributed by atoms with van der Waals surface area (Å²) in [5.41, 5.74) is 7.79. The van der Waals surface area contributed by atoms with Crippen LogP contribution in [0.5, 0.6) is 0 Å². The van der Waals surface area contributed by atoms with Gasteiger partial charge in [0.2, 0.25) is 17.7 Å². The molecule has 12 heteroatoms. The number of carboxylic acid groups (broad SMARTS) is 2. The van der Waals surface area contributed by atoms with Crippen molar-refractivity contribution in [2.24, 2.45) is 5.73 Å². The van der Waals surface area contributed by atoms with E-state index in [9.17, 15) is 29.1 Å². The number of fused-ring (bicyclic) bond motifs is 1. The number of hydrogen-bond donors (Lipinski definition) is 7. The number of carbonyl (C=O) groups is 5. The molecule has 12 nitrogen and oxygen atoms in total. The van der Waals surface area contributed by atoms with E-state index in [1.54, 1.807) is 36.5 Å². The summed E-state index contributed by atoms with van der Waals surface area (Å²) in [6.07, 6.45) is 1.13. The summed E-state index contributed by atoms with van der Waals surface area (Å²) in [7, 11) is 0.